The number of hydrogen-bond donors (Lipinski definition) is 1. The average molecular weight is 525 g/mol. The molecule has 1 aromatic carbocycles. The molecule has 1 N–H and O–H groups in total. The van der Waals surface area contributed by atoms with Crippen LogP contribution in [0.15, 0.2) is 55.6 Å². The Kier molecular flexibility index (Phi) is 7.86. The zero-order valence-corrected chi connectivity index (χ0v) is 22.8. The van der Waals surface area contributed by atoms with Crippen molar-refractivity contribution in [1.82, 2.24) is 9.80 Å². The summed E-state index contributed by atoms with van der Waals surface area (Å²) in [6.45, 7) is 15.1. The third-order valence-electron chi connectivity index (χ3n) is 8.73. The first kappa shape index (κ1) is 28.0. The molecule has 2 bridgehead atoms. The van der Waals surface area contributed by atoms with E-state index in [2.05, 4.69) is 13.2 Å². The number of carbonyl (C=O) groups is 3. The van der Waals surface area contributed by atoms with E-state index in [4.69, 9.17) is 9.47 Å². The van der Waals surface area contributed by atoms with Gasteiger partial charge in [0.1, 0.15) is 24.2 Å². The van der Waals surface area contributed by atoms with Gasteiger partial charge in [0.15, 0.2) is 0 Å². The summed E-state index contributed by atoms with van der Waals surface area (Å²) in [5.41, 5.74) is -1.24. The van der Waals surface area contributed by atoms with Crippen LogP contribution < -0.4 is 0 Å². The molecule has 7 atom stereocenters. The molecule has 8 nitrogen and oxygen atoms in total. The monoisotopic (exact) mass is 524 g/mol. The van der Waals surface area contributed by atoms with Gasteiger partial charge in [-0.25, -0.2) is 0 Å². The van der Waals surface area contributed by atoms with Crippen molar-refractivity contribution < 1.29 is 29.0 Å². The Morgan fingerprint density at radius 2 is 1.95 bits per heavy atom. The number of carbonyl (C=O) groups excluding carboxylic acids is 3. The van der Waals surface area contributed by atoms with E-state index >= 15 is 0 Å². The molecular weight excluding hydrogens is 484 g/mol. The quantitative estimate of drug-likeness (QED) is 0.353. The molecule has 0 aliphatic carbocycles. The van der Waals surface area contributed by atoms with Gasteiger partial charge in [0.2, 0.25) is 11.8 Å². The zero-order chi connectivity index (χ0) is 27.8. The highest BCUT2D eigenvalue weighted by atomic mass is 16.6. The van der Waals surface area contributed by atoms with Crippen molar-refractivity contribution in [1.29, 1.82) is 0 Å². The van der Waals surface area contributed by atoms with Crippen LogP contribution in [0.2, 0.25) is 0 Å². The minimum atomic E-state index is -1.21. The van der Waals surface area contributed by atoms with Gasteiger partial charge in [-0.3, -0.25) is 14.4 Å². The summed E-state index contributed by atoms with van der Waals surface area (Å²) in [6.07, 6.45) is 3.95. The molecule has 206 valence electrons. The van der Waals surface area contributed by atoms with Crippen molar-refractivity contribution in [3.05, 3.63) is 61.2 Å². The average Bonchev–Trinajstić information content (AvgIpc) is 3.41. The van der Waals surface area contributed by atoms with Gasteiger partial charge >= 0.3 is 5.97 Å². The van der Waals surface area contributed by atoms with E-state index in [1.165, 1.54) is 11.0 Å². The van der Waals surface area contributed by atoms with Crippen LogP contribution in [0.5, 0.6) is 0 Å². The lowest BCUT2D eigenvalue weighted by Crippen LogP contribution is -2.60. The number of hydrogen-bond acceptors (Lipinski definition) is 6. The van der Waals surface area contributed by atoms with Gasteiger partial charge in [0, 0.05) is 12.6 Å². The molecule has 0 saturated carbocycles. The normalized spacial score (nSPS) is 32.3. The van der Waals surface area contributed by atoms with Crippen LogP contribution in [-0.2, 0) is 30.3 Å². The summed E-state index contributed by atoms with van der Waals surface area (Å²) in [6, 6.07) is 7.73. The third kappa shape index (κ3) is 4.28. The molecule has 1 aromatic rings. The highest BCUT2D eigenvalue weighted by Gasteiger charge is 2.80. The lowest BCUT2D eigenvalue weighted by Gasteiger charge is -2.40. The van der Waals surface area contributed by atoms with Crippen molar-refractivity contribution in [2.75, 3.05) is 19.8 Å². The van der Waals surface area contributed by atoms with E-state index in [-0.39, 0.29) is 37.0 Å². The van der Waals surface area contributed by atoms with Gasteiger partial charge in [0.05, 0.1) is 24.2 Å². The minimum Gasteiger partial charge on any atom is -0.461 e. The Balaban J connectivity index is 1.84. The van der Waals surface area contributed by atoms with E-state index in [1.54, 1.807) is 11.0 Å². The van der Waals surface area contributed by atoms with E-state index in [9.17, 15) is 19.5 Å². The summed E-state index contributed by atoms with van der Waals surface area (Å²) in [5, 5.41) is 10.6. The van der Waals surface area contributed by atoms with Gasteiger partial charge in [0.25, 0.3) is 0 Å². The maximum Gasteiger partial charge on any atom is 0.313 e. The summed E-state index contributed by atoms with van der Waals surface area (Å²) >= 11 is 0. The predicted molar refractivity (Wildman–Crippen MR) is 143 cm³/mol. The molecule has 3 aliphatic rings. The largest absolute Gasteiger partial charge is 0.461 e. The summed E-state index contributed by atoms with van der Waals surface area (Å²) < 4.78 is 12.2. The van der Waals surface area contributed by atoms with Crippen LogP contribution in [-0.4, -0.2) is 81.8 Å². The highest BCUT2D eigenvalue weighted by Crippen LogP contribution is 2.65. The Labute approximate surface area is 225 Å². The standard InChI is InChI=1S/C30H40N2O6/c1-7-14-31(19(3)4)27(35)25-30-17-20(5)29(6,38-30)24(28(36)37-15-8-2)23(30)26(34)32(25)22(18-33)16-21-12-10-9-11-13-21/h7-13,19-20,22-25,33H,1-2,14-18H2,3-6H3/t20?,22-,23+,24+,25?,29-,30?/m1/s1. The maximum absolute atomic E-state index is 14.4. The number of fused-ring (bicyclic) bond motifs is 1. The number of aliphatic hydroxyl groups excluding tert-OH is 1. The molecule has 3 saturated heterocycles. The molecule has 38 heavy (non-hydrogen) atoms. The Morgan fingerprint density at radius 3 is 2.53 bits per heavy atom. The van der Waals surface area contributed by atoms with Crippen LogP contribution in [0.4, 0.5) is 0 Å². The number of aliphatic hydroxyl groups is 1. The van der Waals surface area contributed by atoms with Crippen LogP contribution in [0.25, 0.3) is 0 Å². The Morgan fingerprint density at radius 1 is 1.26 bits per heavy atom. The second kappa shape index (κ2) is 10.7. The van der Waals surface area contributed by atoms with Gasteiger partial charge in [-0.05, 0) is 45.1 Å². The summed E-state index contributed by atoms with van der Waals surface area (Å²) in [5.74, 6) is -3.01. The van der Waals surface area contributed by atoms with Crippen molar-refractivity contribution in [3.8, 4) is 0 Å². The highest BCUT2D eigenvalue weighted by molar-refractivity contribution is 5.99. The Bertz CT molecular complexity index is 1090. The number of amides is 2. The molecule has 0 aromatic heterocycles. The topological polar surface area (TPSA) is 96.4 Å². The van der Waals surface area contributed by atoms with Crippen molar-refractivity contribution in [2.45, 2.75) is 69.9 Å². The van der Waals surface area contributed by atoms with Crippen molar-refractivity contribution in [2.24, 2.45) is 17.8 Å². The molecule has 3 fully saturated rings. The van der Waals surface area contributed by atoms with Crippen molar-refractivity contribution >= 4 is 17.8 Å². The molecule has 0 radical (unpaired) electrons. The Hall–Kier alpha value is -2.97. The van der Waals surface area contributed by atoms with Crippen LogP contribution in [0.1, 0.15) is 39.7 Å². The first-order valence-corrected chi connectivity index (χ1v) is 13.4. The first-order valence-electron chi connectivity index (χ1n) is 13.4. The predicted octanol–water partition coefficient (Wildman–Crippen LogP) is 2.75. The SMILES string of the molecule is C=CCOC(=O)[C@@H]1[C@H]2C(=O)N([C@@H](CO)Cc3ccccc3)C(C(=O)N(CC=C)C(C)C)C23CC(C)[C@@]1(C)O3. The lowest BCUT2D eigenvalue weighted by molar-refractivity contribution is -0.163. The van der Waals surface area contributed by atoms with Crippen LogP contribution in [0, 0.1) is 17.8 Å². The van der Waals surface area contributed by atoms with Gasteiger partial charge < -0.3 is 24.4 Å². The molecule has 4 rings (SSSR count). The van der Waals surface area contributed by atoms with Gasteiger partial charge in [-0.2, -0.15) is 0 Å². The molecular formula is C30H40N2O6. The maximum atomic E-state index is 14.4. The minimum absolute atomic E-state index is 0.0213. The fourth-order valence-corrected chi connectivity index (χ4v) is 6.93. The molecule has 8 heteroatoms. The van der Waals surface area contributed by atoms with Gasteiger partial charge in [-0.1, -0.05) is 56.0 Å². The molecule has 3 unspecified atom stereocenters. The second-order valence-electron chi connectivity index (χ2n) is 11.3. The first-order chi connectivity index (χ1) is 18.1. The molecule has 1 spiro atoms. The lowest BCUT2D eigenvalue weighted by atomic mass is 9.62. The molecule has 3 aliphatic heterocycles. The number of likely N-dealkylation sites (tertiary alicyclic amines) is 1. The third-order valence-corrected chi connectivity index (χ3v) is 8.73. The van der Waals surface area contributed by atoms with E-state index in [0.29, 0.717) is 19.4 Å². The molecule has 3 heterocycles. The number of rotatable bonds is 11. The number of benzene rings is 1. The van der Waals surface area contributed by atoms with Gasteiger partial charge in [-0.15, -0.1) is 6.58 Å². The second-order valence-corrected chi connectivity index (χ2v) is 11.3. The van der Waals surface area contributed by atoms with Crippen LogP contribution in [0.3, 0.4) is 0 Å². The van der Waals surface area contributed by atoms with E-state index in [1.807, 2.05) is 58.0 Å². The van der Waals surface area contributed by atoms with E-state index in [0.717, 1.165) is 5.56 Å². The summed E-state index contributed by atoms with van der Waals surface area (Å²) in [7, 11) is 0. The smallest absolute Gasteiger partial charge is 0.313 e. The van der Waals surface area contributed by atoms with E-state index < -0.39 is 41.1 Å². The number of esters is 1. The van der Waals surface area contributed by atoms with Crippen molar-refractivity contribution in [3.63, 3.8) is 0 Å². The molecule has 2 amide bonds. The fraction of sp³-hybridized carbons (Fsp3) is 0.567. The zero-order valence-electron chi connectivity index (χ0n) is 22.8. The number of ether oxygens (including phenoxy) is 2. The number of nitrogens with zero attached hydrogens (tertiary/aromatic N) is 2. The summed E-state index contributed by atoms with van der Waals surface area (Å²) in [4.78, 5) is 45.4. The van der Waals surface area contributed by atoms with Crippen LogP contribution >= 0.6 is 0 Å². The fourth-order valence-electron chi connectivity index (χ4n) is 6.93.